The zero-order chi connectivity index (χ0) is 20.6. The summed E-state index contributed by atoms with van der Waals surface area (Å²) < 4.78 is 5.64. The maximum Gasteiger partial charge on any atom is 0.194 e. The summed E-state index contributed by atoms with van der Waals surface area (Å²) in [6, 6.07) is 12.7. The second-order valence-electron chi connectivity index (χ2n) is 7.60. The molecule has 1 aromatic heterocycles. The molecule has 2 aromatic rings. The summed E-state index contributed by atoms with van der Waals surface area (Å²) in [5, 5.41) is 3.41. The third-order valence-electron chi connectivity index (χ3n) is 5.15. The van der Waals surface area contributed by atoms with Crippen LogP contribution in [0.3, 0.4) is 0 Å². The van der Waals surface area contributed by atoms with E-state index in [1.165, 1.54) is 11.1 Å². The number of aromatic nitrogens is 1. The van der Waals surface area contributed by atoms with Gasteiger partial charge in [-0.05, 0) is 49.6 Å². The Balaban J connectivity index is 1.69. The molecular formula is C23H33N5O. The Bertz CT molecular complexity index is 822. The summed E-state index contributed by atoms with van der Waals surface area (Å²) in [6.07, 6.45) is 2.12. The fourth-order valence-corrected chi connectivity index (χ4v) is 3.51. The number of pyridine rings is 1. The molecule has 1 N–H and O–H groups in total. The van der Waals surface area contributed by atoms with E-state index in [0.29, 0.717) is 6.54 Å². The monoisotopic (exact) mass is 395 g/mol. The van der Waals surface area contributed by atoms with Crippen LogP contribution in [-0.4, -0.2) is 55.2 Å². The van der Waals surface area contributed by atoms with Crippen LogP contribution < -0.4 is 10.2 Å². The molecule has 0 bridgehead atoms. The van der Waals surface area contributed by atoms with Crippen LogP contribution in [0.15, 0.2) is 47.6 Å². The standard InChI is InChI=1S/C23H33N5O/c1-5-24-23(27(4)17-21-9-7-6-8-18(21)2)26-15-20-10-11-25-22(14-20)28-12-13-29-19(3)16-28/h6-11,14,19H,5,12-13,15-17H2,1-4H3,(H,24,26). The van der Waals surface area contributed by atoms with Crippen LogP contribution in [0, 0.1) is 6.92 Å². The molecule has 29 heavy (non-hydrogen) atoms. The van der Waals surface area contributed by atoms with Gasteiger partial charge in [0.25, 0.3) is 0 Å². The normalized spacial score (nSPS) is 17.3. The molecule has 0 amide bonds. The fourth-order valence-electron chi connectivity index (χ4n) is 3.51. The maximum absolute atomic E-state index is 5.64. The third kappa shape index (κ3) is 5.94. The molecular weight excluding hydrogens is 362 g/mol. The Morgan fingerprint density at radius 1 is 1.34 bits per heavy atom. The first-order chi connectivity index (χ1) is 14.1. The number of morpholine rings is 1. The van der Waals surface area contributed by atoms with Gasteiger partial charge < -0.3 is 19.9 Å². The average molecular weight is 396 g/mol. The first-order valence-corrected chi connectivity index (χ1v) is 10.4. The van der Waals surface area contributed by atoms with Gasteiger partial charge in [-0.1, -0.05) is 24.3 Å². The number of anilines is 1. The summed E-state index contributed by atoms with van der Waals surface area (Å²) in [6.45, 7) is 11.1. The van der Waals surface area contributed by atoms with Gasteiger partial charge in [-0.15, -0.1) is 0 Å². The van der Waals surface area contributed by atoms with Gasteiger partial charge in [0.1, 0.15) is 5.82 Å². The van der Waals surface area contributed by atoms with E-state index < -0.39 is 0 Å². The van der Waals surface area contributed by atoms with Gasteiger partial charge in [-0.2, -0.15) is 0 Å². The topological polar surface area (TPSA) is 53.0 Å². The number of hydrogen-bond acceptors (Lipinski definition) is 4. The van der Waals surface area contributed by atoms with E-state index in [4.69, 9.17) is 9.73 Å². The van der Waals surface area contributed by atoms with Crippen molar-refractivity contribution in [3.63, 3.8) is 0 Å². The van der Waals surface area contributed by atoms with Crippen molar-refractivity contribution in [1.29, 1.82) is 0 Å². The average Bonchev–Trinajstić information content (AvgIpc) is 2.73. The van der Waals surface area contributed by atoms with E-state index in [9.17, 15) is 0 Å². The van der Waals surface area contributed by atoms with E-state index in [0.717, 1.165) is 50.1 Å². The number of rotatable bonds is 6. The molecule has 1 atom stereocenters. The van der Waals surface area contributed by atoms with Gasteiger partial charge >= 0.3 is 0 Å². The third-order valence-corrected chi connectivity index (χ3v) is 5.15. The molecule has 1 aromatic carbocycles. The molecule has 6 nitrogen and oxygen atoms in total. The van der Waals surface area contributed by atoms with Crippen molar-refractivity contribution >= 4 is 11.8 Å². The Labute approximate surface area is 174 Å². The zero-order valence-corrected chi connectivity index (χ0v) is 18.1. The number of hydrogen-bond donors (Lipinski definition) is 1. The van der Waals surface area contributed by atoms with Gasteiger partial charge in [0.15, 0.2) is 5.96 Å². The lowest BCUT2D eigenvalue weighted by atomic mass is 10.1. The highest BCUT2D eigenvalue weighted by molar-refractivity contribution is 5.79. The summed E-state index contributed by atoms with van der Waals surface area (Å²) in [4.78, 5) is 13.9. The van der Waals surface area contributed by atoms with Crippen molar-refractivity contribution in [2.24, 2.45) is 4.99 Å². The number of nitrogens with zero attached hydrogens (tertiary/aromatic N) is 4. The Kier molecular flexibility index (Phi) is 7.47. The summed E-state index contributed by atoms with van der Waals surface area (Å²) in [5.41, 5.74) is 3.77. The number of ether oxygens (including phenoxy) is 1. The zero-order valence-electron chi connectivity index (χ0n) is 18.1. The predicted molar refractivity (Wildman–Crippen MR) is 119 cm³/mol. The van der Waals surface area contributed by atoms with E-state index in [2.05, 4.69) is 78.3 Å². The predicted octanol–water partition coefficient (Wildman–Crippen LogP) is 3.21. The quantitative estimate of drug-likeness (QED) is 0.601. The Morgan fingerprint density at radius 2 is 2.17 bits per heavy atom. The van der Waals surface area contributed by atoms with Crippen LogP contribution in [-0.2, 0) is 17.8 Å². The van der Waals surface area contributed by atoms with Crippen molar-refractivity contribution in [3.8, 4) is 0 Å². The van der Waals surface area contributed by atoms with E-state index in [1.807, 2.05) is 12.3 Å². The molecule has 2 heterocycles. The van der Waals surface area contributed by atoms with Gasteiger partial charge in [-0.25, -0.2) is 9.98 Å². The minimum Gasteiger partial charge on any atom is -0.375 e. The molecule has 0 radical (unpaired) electrons. The smallest absolute Gasteiger partial charge is 0.194 e. The number of benzene rings is 1. The molecule has 1 aliphatic rings. The van der Waals surface area contributed by atoms with Crippen molar-refractivity contribution in [2.75, 3.05) is 38.2 Å². The lowest BCUT2D eigenvalue weighted by Gasteiger charge is -2.32. The molecule has 0 spiro atoms. The Morgan fingerprint density at radius 3 is 2.93 bits per heavy atom. The number of aryl methyl sites for hydroxylation is 1. The second-order valence-corrected chi connectivity index (χ2v) is 7.60. The van der Waals surface area contributed by atoms with E-state index in [1.54, 1.807) is 0 Å². The fraction of sp³-hybridized carbons (Fsp3) is 0.478. The van der Waals surface area contributed by atoms with Gasteiger partial charge in [0.2, 0.25) is 0 Å². The summed E-state index contributed by atoms with van der Waals surface area (Å²) in [7, 11) is 2.08. The number of nitrogens with one attached hydrogen (secondary N) is 1. The lowest BCUT2D eigenvalue weighted by molar-refractivity contribution is 0.0529. The largest absolute Gasteiger partial charge is 0.375 e. The molecule has 1 aliphatic heterocycles. The van der Waals surface area contributed by atoms with Crippen LogP contribution >= 0.6 is 0 Å². The highest BCUT2D eigenvalue weighted by Gasteiger charge is 2.18. The molecule has 156 valence electrons. The molecule has 1 fully saturated rings. The maximum atomic E-state index is 5.64. The molecule has 1 saturated heterocycles. The van der Waals surface area contributed by atoms with Crippen molar-refractivity contribution in [2.45, 2.75) is 40.0 Å². The number of aliphatic imine (C=N–C) groups is 1. The minimum absolute atomic E-state index is 0.239. The van der Waals surface area contributed by atoms with Crippen LogP contribution in [0.2, 0.25) is 0 Å². The SMILES string of the molecule is CCNC(=NCc1ccnc(N2CCOC(C)C2)c1)N(C)Cc1ccccc1C. The molecule has 0 aliphatic carbocycles. The molecule has 1 unspecified atom stereocenters. The summed E-state index contributed by atoms with van der Waals surface area (Å²) >= 11 is 0. The minimum atomic E-state index is 0.239. The van der Waals surface area contributed by atoms with Crippen LogP contribution in [0.25, 0.3) is 0 Å². The highest BCUT2D eigenvalue weighted by atomic mass is 16.5. The van der Waals surface area contributed by atoms with Gasteiger partial charge in [0.05, 0.1) is 19.3 Å². The number of guanidine groups is 1. The lowest BCUT2D eigenvalue weighted by Crippen LogP contribution is -2.41. The van der Waals surface area contributed by atoms with Gasteiger partial charge in [-0.3, -0.25) is 0 Å². The highest BCUT2D eigenvalue weighted by Crippen LogP contribution is 2.17. The van der Waals surface area contributed by atoms with Crippen molar-refractivity contribution in [3.05, 3.63) is 59.3 Å². The van der Waals surface area contributed by atoms with Crippen molar-refractivity contribution in [1.82, 2.24) is 15.2 Å². The van der Waals surface area contributed by atoms with Crippen LogP contribution in [0.5, 0.6) is 0 Å². The second kappa shape index (κ2) is 10.3. The van der Waals surface area contributed by atoms with Crippen LogP contribution in [0.4, 0.5) is 5.82 Å². The van der Waals surface area contributed by atoms with E-state index in [-0.39, 0.29) is 6.10 Å². The Hall–Kier alpha value is -2.60. The van der Waals surface area contributed by atoms with E-state index >= 15 is 0 Å². The first kappa shape index (κ1) is 21.1. The first-order valence-electron chi connectivity index (χ1n) is 10.4. The van der Waals surface area contributed by atoms with Gasteiger partial charge in [0, 0.05) is 39.4 Å². The van der Waals surface area contributed by atoms with Crippen molar-refractivity contribution < 1.29 is 4.74 Å². The molecule has 0 saturated carbocycles. The molecule has 6 heteroatoms. The molecule has 3 rings (SSSR count). The van der Waals surface area contributed by atoms with Crippen LogP contribution in [0.1, 0.15) is 30.5 Å². The summed E-state index contributed by atoms with van der Waals surface area (Å²) in [5.74, 6) is 1.92.